The fourth-order valence-corrected chi connectivity index (χ4v) is 2.12. The highest BCUT2D eigenvalue weighted by atomic mass is 16.5. The number of aliphatic carboxylic acids is 1. The van der Waals surface area contributed by atoms with E-state index in [4.69, 9.17) is 9.84 Å². The second-order valence-electron chi connectivity index (χ2n) is 4.72. The Hall–Kier alpha value is -2.30. The van der Waals surface area contributed by atoms with E-state index in [0.29, 0.717) is 6.42 Å². The van der Waals surface area contributed by atoms with Crippen LogP contribution in [0.25, 0.3) is 5.69 Å². The second-order valence-corrected chi connectivity index (χ2v) is 4.72. The van der Waals surface area contributed by atoms with Crippen LogP contribution in [0.2, 0.25) is 0 Å². The van der Waals surface area contributed by atoms with Crippen LogP contribution in [0, 0.1) is 13.8 Å². The van der Waals surface area contributed by atoms with E-state index >= 15 is 0 Å². The summed E-state index contributed by atoms with van der Waals surface area (Å²) in [6, 6.07) is 5.93. The third-order valence-corrected chi connectivity index (χ3v) is 3.12. The molecule has 5 heteroatoms. The van der Waals surface area contributed by atoms with Crippen LogP contribution in [0.3, 0.4) is 0 Å². The summed E-state index contributed by atoms with van der Waals surface area (Å²) in [6.45, 7) is 3.91. The largest absolute Gasteiger partial charge is 0.495 e. The van der Waals surface area contributed by atoms with Gasteiger partial charge in [0.2, 0.25) is 0 Å². The lowest BCUT2D eigenvalue weighted by Crippen LogP contribution is -1.99. The van der Waals surface area contributed by atoms with Gasteiger partial charge in [-0.15, -0.1) is 0 Å². The van der Waals surface area contributed by atoms with Crippen LogP contribution in [0.5, 0.6) is 5.75 Å². The van der Waals surface area contributed by atoms with E-state index < -0.39 is 5.97 Å². The highest BCUT2D eigenvalue weighted by Crippen LogP contribution is 2.25. The van der Waals surface area contributed by atoms with Crippen molar-refractivity contribution < 1.29 is 14.6 Å². The maximum Gasteiger partial charge on any atom is 0.303 e. The summed E-state index contributed by atoms with van der Waals surface area (Å²) in [5.74, 6) is 0.764. The zero-order chi connectivity index (χ0) is 14.7. The zero-order valence-electron chi connectivity index (χ0n) is 11.9. The lowest BCUT2D eigenvalue weighted by molar-refractivity contribution is -0.136. The molecule has 2 aromatic rings. The first-order valence-corrected chi connectivity index (χ1v) is 6.43. The Kier molecular flexibility index (Phi) is 4.08. The normalized spacial score (nSPS) is 10.6. The van der Waals surface area contributed by atoms with Gasteiger partial charge in [-0.2, -0.15) is 0 Å². The predicted molar refractivity (Wildman–Crippen MR) is 75.5 cm³/mol. The summed E-state index contributed by atoms with van der Waals surface area (Å²) in [5, 5.41) is 8.73. The van der Waals surface area contributed by atoms with Crippen molar-refractivity contribution in [1.82, 2.24) is 9.55 Å². The Morgan fingerprint density at radius 1 is 1.40 bits per heavy atom. The molecule has 20 heavy (non-hydrogen) atoms. The van der Waals surface area contributed by atoms with Crippen molar-refractivity contribution in [2.75, 3.05) is 7.11 Å². The van der Waals surface area contributed by atoms with Crippen LogP contribution in [-0.2, 0) is 11.2 Å². The SMILES string of the molecule is COc1ccc(C)cc1-n1cc(CCC(=O)O)nc1C. The molecule has 0 saturated heterocycles. The maximum absolute atomic E-state index is 10.6. The van der Waals surface area contributed by atoms with Crippen molar-refractivity contribution in [3.8, 4) is 11.4 Å². The van der Waals surface area contributed by atoms with E-state index in [0.717, 1.165) is 28.5 Å². The maximum atomic E-state index is 10.6. The second kappa shape index (κ2) is 5.77. The fraction of sp³-hybridized carbons (Fsp3) is 0.333. The number of ether oxygens (including phenoxy) is 1. The molecule has 2 rings (SSSR count). The van der Waals surface area contributed by atoms with Gasteiger partial charge in [0.1, 0.15) is 11.6 Å². The molecule has 0 spiro atoms. The standard InChI is InChI=1S/C15H18N2O3/c1-10-4-6-14(20-3)13(8-10)17-9-12(16-11(17)2)5-7-15(18)19/h4,6,8-9H,5,7H2,1-3H3,(H,18,19). The number of nitrogens with zero attached hydrogens (tertiary/aromatic N) is 2. The van der Waals surface area contributed by atoms with Crippen LogP contribution < -0.4 is 4.74 Å². The van der Waals surface area contributed by atoms with Crippen molar-refractivity contribution >= 4 is 5.97 Å². The molecule has 0 unspecified atom stereocenters. The molecule has 0 saturated carbocycles. The zero-order valence-corrected chi connectivity index (χ0v) is 11.9. The summed E-state index contributed by atoms with van der Waals surface area (Å²) in [4.78, 5) is 15.0. The van der Waals surface area contributed by atoms with Gasteiger partial charge in [-0.1, -0.05) is 6.07 Å². The number of methoxy groups -OCH3 is 1. The summed E-state index contributed by atoms with van der Waals surface area (Å²) in [7, 11) is 1.63. The van der Waals surface area contributed by atoms with Gasteiger partial charge in [-0.3, -0.25) is 4.79 Å². The number of benzene rings is 1. The minimum atomic E-state index is -0.815. The van der Waals surface area contributed by atoms with Gasteiger partial charge in [0.25, 0.3) is 0 Å². The van der Waals surface area contributed by atoms with Crippen LogP contribution in [0.15, 0.2) is 24.4 Å². The number of carboxylic acid groups (broad SMARTS) is 1. The first-order chi connectivity index (χ1) is 9.51. The lowest BCUT2D eigenvalue weighted by atomic mass is 10.2. The first kappa shape index (κ1) is 14.1. The van der Waals surface area contributed by atoms with Gasteiger partial charge in [0.05, 0.1) is 24.9 Å². The molecule has 0 atom stereocenters. The Bertz CT molecular complexity index is 632. The van der Waals surface area contributed by atoms with E-state index in [-0.39, 0.29) is 6.42 Å². The Balaban J connectivity index is 2.37. The highest BCUT2D eigenvalue weighted by Gasteiger charge is 2.11. The van der Waals surface area contributed by atoms with Gasteiger partial charge < -0.3 is 14.4 Å². The van der Waals surface area contributed by atoms with Crippen LogP contribution in [0.4, 0.5) is 0 Å². The molecule has 106 valence electrons. The van der Waals surface area contributed by atoms with Crippen LogP contribution in [0.1, 0.15) is 23.5 Å². The van der Waals surface area contributed by atoms with Gasteiger partial charge >= 0.3 is 5.97 Å². The molecule has 1 aromatic heterocycles. The number of rotatable bonds is 5. The van der Waals surface area contributed by atoms with Gasteiger partial charge in [-0.05, 0) is 31.5 Å². The molecule has 0 radical (unpaired) electrons. The minimum absolute atomic E-state index is 0.0847. The van der Waals surface area contributed by atoms with E-state index in [1.165, 1.54) is 0 Å². The van der Waals surface area contributed by atoms with E-state index in [1.54, 1.807) is 7.11 Å². The van der Waals surface area contributed by atoms with E-state index in [9.17, 15) is 4.79 Å². The predicted octanol–water partition coefficient (Wildman–Crippen LogP) is 2.51. The lowest BCUT2D eigenvalue weighted by Gasteiger charge is -2.11. The summed E-state index contributed by atoms with van der Waals surface area (Å²) >= 11 is 0. The minimum Gasteiger partial charge on any atom is -0.495 e. The summed E-state index contributed by atoms with van der Waals surface area (Å²) in [5.41, 5.74) is 2.81. The molecule has 0 aliphatic carbocycles. The molecule has 0 amide bonds. The van der Waals surface area contributed by atoms with E-state index in [1.807, 2.05) is 42.8 Å². The molecule has 1 heterocycles. The molecule has 0 aliphatic heterocycles. The molecule has 0 aliphatic rings. The fourth-order valence-electron chi connectivity index (χ4n) is 2.12. The molecule has 1 N–H and O–H groups in total. The summed E-state index contributed by atoms with van der Waals surface area (Å²) in [6.07, 6.45) is 2.38. The monoisotopic (exact) mass is 274 g/mol. The third-order valence-electron chi connectivity index (χ3n) is 3.12. The highest BCUT2D eigenvalue weighted by molar-refractivity contribution is 5.67. The van der Waals surface area contributed by atoms with Crippen LogP contribution in [-0.4, -0.2) is 27.7 Å². The Labute approximate surface area is 117 Å². The molecule has 0 bridgehead atoms. The molecule has 1 aromatic carbocycles. The molecular weight excluding hydrogens is 256 g/mol. The number of imidazole rings is 1. The first-order valence-electron chi connectivity index (χ1n) is 6.43. The van der Waals surface area contributed by atoms with Gasteiger partial charge in [0, 0.05) is 12.6 Å². The number of hydrogen-bond donors (Lipinski definition) is 1. The average Bonchev–Trinajstić information content (AvgIpc) is 2.77. The van der Waals surface area contributed by atoms with E-state index in [2.05, 4.69) is 4.98 Å². The number of hydrogen-bond acceptors (Lipinski definition) is 3. The molecule has 0 fully saturated rings. The Morgan fingerprint density at radius 2 is 2.15 bits per heavy atom. The Morgan fingerprint density at radius 3 is 2.80 bits per heavy atom. The van der Waals surface area contributed by atoms with Crippen molar-refractivity contribution in [1.29, 1.82) is 0 Å². The van der Waals surface area contributed by atoms with Crippen molar-refractivity contribution in [2.24, 2.45) is 0 Å². The quantitative estimate of drug-likeness (QED) is 0.910. The van der Waals surface area contributed by atoms with Crippen molar-refractivity contribution in [3.05, 3.63) is 41.5 Å². The summed E-state index contributed by atoms with van der Waals surface area (Å²) < 4.78 is 7.31. The van der Waals surface area contributed by atoms with Crippen molar-refractivity contribution in [3.63, 3.8) is 0 Å². The number of aryl methyl sites for hydroxylation is 3. The molecular formula is C15H18N2O3. The average molecular weight is 274 g/mol. The smallest absolute Gasteiger partial charge is 0.303 e. The number of aromatic nitrogens is 2. The molecule has 5 nitrogen and oxygen atoms in total. The number of carboxylic acids is 1. The van der Waals surface area contributed by atoms with Crippen LogP contribution >= 0.6 is 0 Å². The topological polar surface area (TPSA) is 64.3 Å². The number of carbonyl (C=O) groups is 1. The van der Waals surface area contributed by atoms with Gasteiger partial charge in [0.15, 0.2) is 0 Å². The van der Waals surface area contributed by atoms with Gasteiger partial charge in [-0.25, -0.2) is 4.98 Å². The third kappa shape index (κ3) is 2.99. The van der Waals surface area contributed by atoms with Crippen molar-refractivity contribution in [2.45, 2.75) is 26.7 Å².